The van der Waals surface area contributed by atoms with Crippen LogP contribution in [0.25, 0.3) is 0 Å². The van der Waals surface area contributed by atoms with Crippen LogP contribution in [0.4, 0.5) is 0 Å². The fraction of sp³-hybridized carbons (Fsp3) is 0. The van der Waals surface area contributed by atoms with Gasteiger partial charge >= 0.3 is 21.1 Å². The second-order valence-electron chi connectivity index (χ2n) is 0.938. The van der Waals surface area contributed by atoms with Crippen LogP contribution in [0.15, 0.2) is 0 Å². The van der Waals surface area contributed by atoms with Crippen LogP contribution < -0.4 is 19.6 Å². The third kappa shape index (κ3) is 748. The van der Waals surface area contributed by atoms with Crippen molar-refractivity contribution >= 4 is 29.1 Å². The second-order valence-corrected chi connectivity index (χ2v) is 2.81. The molecule has 0 radical (unpaired) electrons. The first kappa shape index (κ1) is 23.2. The number of hydrogen-bond donors (Lipinski definition) is 2. The van der Waals surface area contributed by atoms with Gasteiger partial charge in [-0.1, -0.05) is 0 Å². The smallest absolute Gasteiger partial charge is 0.822 e. The Bertz CT molecular complexity index is 129. The summed E-state index contributed by atoms with van der Waals surface area (Å²) in [6.07, 6.45) is 0. The third-order valence-corrected chi connectivity index (χ3v) is 0. The number of rotatable bonds is 0. The van der Waals surface area contributed by atoms with Crippen molar-refractivity contribution in [3.63, 3.8) is 0 Å². The fourth-order valence-electron chi connectivity index (χ4n) is 0. The van der Waals surface area contributed by atoms with E-state index in [1.54, 1.807) is 0 Å². The van der Waals surface area contributed by atoms with Gasteiger partial charge in [0, 0.05) is 0 Å². The molecule has 0 rings (SSSR count). The van der Waals surface area contributed by atoms with E-state index >= 15 is 0 Å². The largest absolute Gasteiger partial charge is 4.00 e. The Balaban J connectivity index is -0.0000000457. The summed E-state index contributed by atoms with van der Waals surface area (Å²) in [7, 11) is -10.3. The summed E-state index contributed by atoms with van der Waals surface area (Å²) in [4.78, 5) is 48.6. The standard InChI is InChI=1S/Mo.2H3O4P.H2S/c;2*1-5(2,3)4;/h;2*(H3,1,2,3,4);1H2/q+4;;;/p-4. The summed E-state index contributed by atoms with van der Waals surface area (Å²) in [6.45, 7) is 0. The molecule has 0 aliphatic heterocycles. The minimum atomic E-state index is -5.39. The normalized spacial score (nSPS) is 9.83. The summed E-state index contributed by atoms with van der Waals surface area (Å²) in [5.41, 5.74) is 0. The topological polar surface area (TPSA) is 167 Å². The van der Waals surface area contributed by atoms with Crippen molar-refractivity contribution in [2.24, 2.45) is 0 Å². The molecule has 0 amide bonds. The molecule has 8 nitrogen and oxygen atoms in total. The van der Waals surface area contributed by atoms with Gasteiger partial charge < -0.3 is 33.9 Å². The van der Waals surface area contributed by atoms with Gasteiger partial charge in [0.1, 0.15) is 0 Å². The van der Waals surface area contributed by atoms with Crippen LogP contribution >= 0.6 is 29.1 Å². The summed E-state index contributed by atoms with van der Waals surface area (Å²) in [5.74, 6) is 0. The van der Waals surface area contributed by atoms with Gasteiger partial charge in [-0.3, -0.25) is 4.57 Å². The van der Waals surface area contributed by atoms with E-state index in [0.29, 0.717) is 0 Å². The van der Waals surface area contributed by atoms with E-state index in [2.05, 4.69) is 0 Å². The first-order valence-corrected chi connectivity index (χ1v) is 4.49. The van der Waals surface area contributed by atoms with Crippen LogP contribution in [0.2, 0.25) is 0 Å². The molecule has 0 aromatic heterocycles. The predicted octanol–water partition coefficient (Wildman–Crippen LogP) is -4.27. The number of phosphoric acid groups is 2. The summed E-state index contributed by atoms with van der Waals surface area (Å²) < 4.78 is 17.3. The van der Waals surface area contributed by atoms with Crippen molar-refractivity contribution < 1.29 is 59.6 Å². The maximum absolute atomic E-state index is 8.77. The molecule has 0 unspecified atom stereocenters. The molecule has 0 aromatic carbocycles. The summed E-state index contributed by atoms with van der Waals surface area (Å²) >= 11 is 0. The van der Waals surface area contributed by atoms with Gasteiger partial charge in [-0.05, 0) is 0 Å². The van der Waals surface area contributed by atoms with Crippen LogP contribution in [0.3, 0.4) is 0 Å². The average molecular weight is 322 g/mol. The summed E-state index contributed by atoms with van der Waals surface area (Å²) in [6, 6.07) is 0. The Kier molecular flexibility index (Phi) is 17.1. The molecule has 0 bridgehead atoms. The molecule has 0 atom stereocenters. The maximum atomic E-state index is 8.77. The monoisotopic (exact) mass is 324 g/mol. The first-order chi connectivity index (χ1) is 4.00. The Labute approximate surface area is 88.8 Å². The van der Waals surface area contributed by atoms with Crippen molar-refractivity contribution in [2.75, 3.05) is 0 Å². The van der Waals surface area contributed by atoms with Gasteiger partial charge in [0.2, 0.25) is 0 Å². The van der Waals surface area contributed by atoms with E-state index in [4.69, 9.17) is 38.5 Å². The minimum Gasteiger partial charge on any atom is -0.822 e. The van der Waals surface area contributed by atoms with E-state index in [1.165, 1.54) is 0 Å². The van der Waals surface area contributed by atoms with Gasteiger partial charge in [0.05, 0.1) is 0 Å². The van der Waals surface area contributed by atoms with Crippen molar-refractivity contribution in [1.29, 1.82) is 0 Å². The second kappa shape index (κ2) is 8.84. The van der Waals surface area contributed by atoms with Crippen molar-refractivity contribution in [3.8, 4) is 0 Å². The molecular weight excluding hydrogens is 318 g/mol. The van der Waals surface area contributed by atoms with Gasteiger partial charge in [-0.25, -0.2) is 0 Å². The molecule has 0 aliphatic rings. The zero-order valence-corrected chi connectivity index (χ0v) is 9.94. The van der Waals surface area contributed by atoms with E-state index in [-0.39, 0.29) is 34.6 Å². The van der Waals surface area contributed by atoms with E-state index in [9.17, 15) is 0 Å². The van der Waals surface area contributed by atoms with Crippen LogP contribution in [-0.4, -0.2) is 9.79 Å². The molecule has 0 saturated carbocycles. The fourth-order valence-corrected chi connectivity index (χ4v) is 0. The minimum absolute atomic E-state index is 0. The SMILES string of the molecule is O=P([O-])(O)O.O=P([O-])([O-])[O-].S.[Mo+4]. The van der Waals surface area contributed by atoms with E-state index in [0.717, 1.165) is 0 Å². The van der Waals surface area contributed by atoms with E-state index < -0.39 is 15.6 Å². The van der Waals surface area contributed by atoms with Crippen LogP contribution in [0.5, 0.6) is 0 Å². The molecule has 12 heteroatoms. The molecular formula is H4MoO8P2S. The van der Waals surface area contributed by atoms with Gasteiger partial charge in [0.25, 0.3) is 7.82 Å². The Hall–Kier alpha value is 1.26. The van der Waals surface area contributed by atoms with Gasteiger partial charge in [-0.2, -0.15) is 21.3 Å². The van der Waals surface area contributed by atoms with E-state index in [1.807, 2.05) is 0 Å². The quantitative estimate of drug-likeness (QED) is 0.334. The molecule has 12 heavy (non-hydrogen) atoms. The Morgan fingerprint density at radius 1 is 0.917 bits per heavy atom. The van der Waals surface area contributed by atoms with Crippen molar-refractivity contribution in [1.82, 2.24) is 0 Å². The van der Waals surface area contributed by atoms with Gasteiger partial charge in [-0.15, -0.1) is 0 Å². The first-order valence-electron chi connectivity index (χ1n) is 1.50. The summed E-state index contributed by atoms with van der Waals surface area (Å²) in [5, 5.41) is 0. The van der Waals surface area contributed by atoms with Crippen LogP contribution in [0.1, 0.15) is 0 Å². The van der Waals surface area contributed by atoms with Gasteiger partial charge in [0.15, 0.2) is 0 Å². The molecule has 0 saturated heterocycles. The van der Waals surface area contributed by atoms with Crippen LogP contribution in [0, 0.1) is 0 Å². The molecule has 0 spiro atoms. The Morgan fingerprint density at radius 2 is 0.917 bits per heavy atom. The third-order valence-electron chi connectivity index (χ3n) is 0. The zero-order chi connectivity index (χ0) is 9.00. The predicted molar refractivity (Wildman–Crippen MR) is 30.0 cm³/mol. The molecule has 0 aromatic rings. The van der Waals surface area contributed by atoms with Crippen molar-refractivity contribution in [3.05, 3.63) is 0 Å². The van der Waals surface area contributed by atoms with Crippen molar-refractivity contribution in [2.45, 2.75) is 0 Å². The maximum Gasteiger partial charge on any atom is 4.00 e. The molecule has 0 fully saturated rings. The molecule has 0 heterocycles. The molecule has 74 valence electrons. The Morgan fingerprint density at radius 3 is 0.917 bits per heavy atom. The number of hydrogen-bond acceptors (Lipinski definition) is 6. The molecule has 2 N–H and O–H groups in total. The average Bonchev–Trinajstić information content (AvgIpc) is 1.12. The van der Waals surface area contributed by atoms with Crippen LogP contribution in [-0.2, 0) is 30.2 Å². The molecule has 0 aliphatic carbocycles. The zero-order valence-electron chi connectivity index (χ0n) is 5.15.